The Balaban J connectivity index is 1.56. The van der Waals surface area contributed by atoms with E-state index in [0.717, 1.165) is 19.9 Å². The molecule has 1 N–H and O–H groups in total. The van der Waals surface area contributed by atoms with E-state index in [-0.39, 0.29) is 16.9 Å². The number of hydrogen-bond acceptors (Lipinski definition) is 6. The number of nitriles is 1. The van der Waals surface area contributed by atoms with Gasteiger partial charge in [-0.1, -0.05) is 42.5 Å². The minimum Gasteiger partial charge on any atom is -0.490 e. The number of amides is 1. The number of hydrogen-bond donors (Lipinski definition) is 1. The van der Waals surface area contributed by atoms with Crippen LogP contribution in [0.2, 0.25) is 0 Å². The monoisotopic (exact) mass is 619 g/mol. The van der Waals surface area contributed by atoms with Gasteiger partial charge in [0.2, 0.25) is 0 Å². The predicted molar refractivity (Wildman–Crippen MR) is 154 cm³/mol. The van der Waals surface area contributed by atoms with Gasteiger partial charge in [0.1, 0.15) is 18.2 Å². The molecule has 0 saturated heterocycles. The van der Waals surface area contributed by atoms with Crippen molar-refractivity contribution in [1.82, 2.24) is 0 Å². The van der Waals surface area contributed by atoms with E-state index in [9.17, 15) is 20.2 Å². The summed E-state index contributed by atoms with van der Waals surface area (Å²) >= 11 is 2.13. The van der Waals surface area contributed by atoms with E-state index in [1.54, 1.807) is 12.1 Å². The van der Waals surface area contributed by atoms with Crippen LogP contribution in [0.5, 0.6) is 11.5 Å². The van der Waals surface area contributed by atoms with Gasteiger partial charge < -0.3 is 14.8 Å². The van der Waals surface area contributed by atoms with Crippen molar-refractivity contribution in [3.05, 3.63) is 109 Å². The average molecular weight is 619 g/mol. The van der Waals surface area contributed by atoms with Crippen LogP contribution in [-0.4, -0.2) is 17.4 Å². The number of fused-ring (bicyclic) bond motifs is 1. The van der Waals surface area contributed by atoms with E-state index in [4.69, 9.17) is 9.47 Å². The first-order valence-corrected chi connectivity index (χ1v) is 12.7. The summed E-state index contributed by atoms with van der Waals surface area (Å²) in [4.78, 5) is 23.2. The van der Waals surface area contributed by atoms with E-state index in [1.807, 2.05) is 31.2 Å². The summed E-state index contributed by atoms with van der Waals surface area (Å²) in [7, 11) is 0. The van der Waals surface area contributed by atoms with Crippen LogP contribution in [-0.2, 0) is 11.4 Å². The number of benzene rings is 4. The van der Waals surface area contributed by atoms with Crippen molar-refractivity contribution in [3.63, 3.8) is 0 Å². The van der Waals surface area contributed by atoms with E-state index in [0.29, 0.717) is 30.3 Å². The second-order valence-electron chi connectivity index (χ2n) is 8.16. The maximum Gasteiger partial charge on any atom is 0.271 e. The molecule has 0 aliphatic rings. The van der Waals surface area contributed by atoms with Gasteiger partial charge in [-0.2, -0.15) is 5.26 Å². The van der Waals surface area contributed by atoms with Gasteiger partial charge in [-0.3, -0.25) is 14.9 Å². The third kappa shape index (κ3) is 6.46. The molecular weight excluding hydrogens is 597 g/mol. The van der Waals surface area contributed by atoms with E-state index < -0.39 is 10.8 Å². The zero-order valence-electron chi connectivity index (χ0n) is 20.3. The normalized spacial score (nSPS) is 11.0. The first kappa shape index (κ1) is 26.6. The van der Waals surface area contributed by atoms with Crippen molar-refractivity contribution in [2.75, 3.05) is 11.9 Å². The quantitative estimate of drug-likeness (QED) is 0.0719. The number of nitro benzene ring substituents is 1. The zero-order chi connectivity index (χ0) is 27.1. The van der Waals surface area contributed by atoms with Crippen molar-refractivity contribution < 1.29 is 19.2 Å². The topological polar surface area (TPSA) is 114 Å². The van der Waals surface area contributed by atoms with Crippen LogP contribution in [0.3, 0.4) is 0 Å². The summed E-state index contributed by atoms with van der Waals surface area (Å²) in [5, 5.41) is 25.4. The fourth-order valence-corrected chi connectivity index (χ4v) is 4.55. The summed E-state index contributed by atoms with van der Waals surface area (Å²) in [6.45, 7) is 2.59. The second-order valence-corrected chi connectivity index (χ2v) is 9.33. The standard InChI is InChI=1S/C29H22IN3O5/c1-2-37-27-15-20(13-23(17-31)29(34)32-24-8-5-9-25(16-24)33(35)36)14-26(30)28(27)38-18-19-10-11-21-6-3-4-7-22(21)12-19/h3-16H,2,18H2,1H3,(H,32,34)/b23-13+. The van der Waals surface area contributed by atoms with Gasteiger partial charge in [-0.25, -0.2) is 0 Å². The third-order valence-electron chi connectivity index (χ3n) is 5.52. The first-order valence-electron chi connectivity index (χ1n) is 11.6. The molecule has 0 aliphatic heterocycles. The molecule has 0 fully saturated rings. The highest BCUT2D eigenvalue weighted by molar-refractivity contribution is 14.1. The molecular formula is C29H22IN3O5. The molecule has 8 nitrogen and oxygen atoms in total. The van der Waals surface area contributed by atoms with E-state index in [2.05, 4.69) is 52.2 Å². The van der Waals surface area contributed by atoms with Crippen LogP contribution in [0.1, 0.15) is 18.1 Å². The molecule has 0 saturated carbocycles. The lowest BCUT2D eigenvalue weighted by Crippen LogP contribution is -2.13. The molecule has 0 heterocycles. The molecule has 0 radical (unpaired) electrons. The number of non-ortho nitro benzene ring substituents is 1. The van der Waals surface area contributed by atoms with Gasteiger partial charge in [-0.15, -0.1) is 0 Å². The number of halogens is 1. The van der Waals surface area contributed by atoms with Gasteiger partial charge in [0.15, 0.2) is 11.5 Å². The van der Waals surface area contributed by atoms with Gasteiger partial charge in [0.05, 0.1) is 15.1 Å². The highest BCUT2D eigenvalue weighted by Gasteiger charge is 2.16. The van der Waals surface area contributed by atoms with E-state index >= 15 is 0 Å². The third-order valence-corrected chi connectivity index (χ3v) is 6.32. The molecule has 1 amide bonds. The van der Waals surface area contributed by atoms with Crippen LogP contribution in [0.15, 0.2) is 84.4 Å². The van der Waals surface area contributed by atoms with Crippen LogP contribution in [0.4, 0.5) is 11.4 Å². The fraction of sp³-hybridized carbons (Fsp3) is 0.103. The molecule has 0 aliphatic carbocycles. The molecule has 0 unspecified atom stereocenters. The summed E-state index contributed by atoms with van der Waals surface area (Å²) in [6, 6.07) is 25.2. The molecule has 0 atom stereocenters. The molecule has 0 aromatic heterocycles. The van der Waals surface area contributed by atoms with E-state index in [1.165, 1.54) is 30.3 Å². The van der Waals surface area contributed by atoms with Crippen molar-refractivity contribution in [2.45, 2.75) is 13.5 Å². The Hall–Kier alpha value is -4.43. The molecule has 9 heteroatoms. The van der Waals surface area contributed by atoms with Crippen molar-refractivity contribution >= 4 is 56.7 Å². The summed E-state index contributed by atoms with van der Waals surface area (Å²) in [5.41, 5.74) is 1.46. The Labute approximate surface area is 232 Å². The lowest BCUT2D eigenvalue weighted by atomic mass is 10.1. The number of carbonyl (C=O) groups is 1. The molecule has 0 bridgehead atoms. The molecule has 4 aromatic rings. The molecule has 4 rings (SSSR count). The Bertz CT molecular complexity index is 1590. The van der Waals surface area contributed by atoms with Gasteiger partial charge >= 0.3 is 0 Å². The SMILES string of the molecule is CCOc1cc(/C=C(\C#N)C(=O)Nc2cccc([N+](=O)[O-])c2)cc(I)c1OCc1ccc2ccccc2c1. The molecule has 190 valence electrons. The minimum atomic E-state index is -0.683. The number of nitro groups is 1. The molecule has 0 spiro atoms. The Morgan fingerprint density at radius 2 is 1.84 bits per heavy atom. The van der Waals surface area contributed by atoms with Crippen molar-refractivity contribution in [1.29, 1.82) is 5.26 Å². The summed E-state index contributed by atoms with van der Waals surface area (Å²) in [6.07, 6.45) is 1.44. The second kappa shape index (κ2) is 12.2. The molecule has 38 heavy (non-hydrogen) atoms. The maximum absolute atomic E-state index is 12.7. The van der Waals surface area contributed by atoms with Gasteiger partial charge in [0, 0.05) is 17.8 Å². The zero-order valence-corrected chi connectivity index (χ0v) is 22.5. The Kier molecular flexibility index (Phi) is 8.55. The molecule has 4 aromatic carbocycles. The average Bonchev–Trinajstić information content (AvgIpc) is 2.91. The van der Waals surface area contributed by atoms with Crippen LogP contribution < -0.4 is 14.8 Å². The van der Waals surface area contributed by atoms with Crippen LogP contribution in [0.25, 0.3) is 16.8 Å². The number of anilines is 1. The lowest BCUT2D eigenvalue weighted by molar-refractivity contribution is -0.384. The highest BCUT2D eigenvalue weighted by Crippen LogP contribution is 2.36. The maximum atomic E-state index is 12.7. The number of nitrogens with zero attached hydrogens (tertiary/aromatic N) is 2. The highest BCUT2D eigenvalue weighted by atomic mass is 127. The van der Waals surface area contributed by atoms with Gasteiger partial charge in [-0.05, 0) is 81.8 Å². The number of ether oxygens (including phenoxy) is 2. The van der Waals surface area contributed by atoms with Crippen LogP contribution in [0, 0.1) is 25.0 Å². The Morgan fingerprint density at radius 1 is 1.05 bits per heavy atom. The fourth-order valence-electron chi connectivity index (χ4n) is 3.77. The lowest BCUT2D eigenvalue weighted by Gasteiger charge is -2.15. The Morgan fingerprint density at radius 3 is 2.58 bits per heavy atom. The summed E-state index contributed by atoms with van der Waals surface area (Å²) < 4.78 is 12.7. The minimum absolute atomic E-state index is 0.166. The summed E-state index contributed by atoms with van der Waals surface area (Å²) in [5.74, 6) is 0.373. The predicted octanol–water partition coefficient (Wildman–Crippen LogP) is 6.88. The first-order chi connectivity index (χ1) is 18.4. The van der Waals surface area contributed by atoms with Crippen molar-refractivity contribution in [2.24, 2.45) is 0 Å². The number of nitrogens with one attached hydrogen (secondary N) is 1. The smallest absolute Gasteiger partial charge is 0.271 e. The van der Waals surface area contributed by atoms with Crippen LogP contribution >= 0.6 is 22.6 Å². The van der Waals surface area contributed by atoms with Gasteiger partial charge in [0.25, 0.3) is 11.6 Å². The largest absolute Gasteiger partial charge is 0.490 e. The number of carbonyl (C=O) groups excluding carboxylic acids is 1. The van der Waals surface area contributed by atoms with Crippen molar-refractivity contribution in [3.8, 4) is 17.6 Å². The number of rotatable bonds is 9.